The number of amides is 1. The van der Waals surface area contributed by atoms with E-state index in [0.29, 0.717) is 28.9 Å². The lowest BCUT2D eigenvalue weighted by Crippen LogP contribution is -2.42. The van der Waals surface area contributed by atoms with E-state index in [2.05, 4.69) is 5.32 Å². The van der Waals surface area contributed by atoms with E-state index < -0.39 is 17.2 Å². The Kier molecular flexibility index (Phi) is 6.18. The average molecular weight is 422 g/mol. The van der Waals surface area contributed by atoms with Gasteiger partial charge in [0.2, 0.25) is 5.91 Å². The van der Waals surface area contributed by atoms with Gasteiger partial charge in [-0.2, -0.15) is 0 Å². The van der Waals surface area contributed by atoms with Gasteiger partial charge in [-0.25, -0.2) is 9.36 Å². The van der Waals surface area contributed by atoms with E-state index in [1.54, 1.807) is 24.3 Å². The third kappa shape index (κ3) is 4.11. The van der Waals surface area contributed by atoms with Gasteiger partial charge < -0.3 is 10.1 Å². The third-order valence-electron chi connectivity index (χ3n) is 4.10. The number of aromatic nitrogens is 2. The molecule has 28 heavy (non-hydrogen) atoms. The summed E-state index contributed by atoms with van der Waals surface area (Å²) >= 11 is 12.1. The number of rotatable bonds is 6. The molecule has 1 heterocycles. The molecule has 0 aliphatic heterocycles. The topological polar surface area (TPSA) is 82.3 Å². The van der Waals surface area contributed by atoms with Crippen LogP contribution in [0.3, 0.4) is 0 Å². The van der Waals surface area contributed by atoms with Gasteiger partial charge in [0.25, 0.3) is 5.56 Å². The van der Waals surface area contributed by atoms with E-state index in [1.165, 1.54) is 29.9 Å². The van der Waals surface area contributed by atoms with Crippen molar-refractivity contribution in [3.05, 3.63) is 73.3 Å². The van der Waals surface area contributed by atoms with Crippen molar-refractivity contribution in [1.29, 1.82) is 0 Å². The van der Waals surface area contributed by atoms with Crippen LogP contribution in [0, 0.1) is 0 Å². The van der Waals surface area contributed by atoms with Crippen molar-refractivity contribution in [2.75, 3.05) is 20.3 Å². The zero-order chi connectivity index (χ0) is 20.3. The molecule has 0 aliphatic rings. The number of hydrogen-bond donors (Lipinski definition) is 1. The summed E-state index contributed by atoms with van der Waals surface area (Å²) in [6.07, 6.45) is 0. The van der Waals surface area contributed by atoms with E-state index in [4.69, 9.17) is 27.9 Å². The molecule has 2 aromatic carbocycles. The molecule has 1 N–H and O–H groups in total. The molecular formula is C19H17Cl2N3O4. The number of hydrogen-bond acceptors (Lipinski definition) is 4. The molecular weight excluding hydrogens is 405 g/mol. The van der Waals surface area contributed by atoms with E-state index in [1.807, 2.05) is 0 Å². The SMILES string of the molecule is COCCNC(=O)Cn1c(=O)n(-c2cccc(Cl)c2)c(=O)c2ccc(Cl)cc21. The van der Waals surface area contributed by atoms with Crippen LogP contribution in [0.1, 0.15) is 0 Å². The first-order chi connectivity index (χ1) is 13.4. The molecule has 146 valence electrons. The highest BCUT2D eigenvalue weighted by Crippen LogP contribution is 2.17. The second-order valence-corrected chi connectivity index (χ2v) is 6.87. The van der Waals surface area contributed by atoms with Crippen LogP contribution < -0.4 is 16.6 Å². The molecule has 0 bridgehead atoms. The van der Waals surface area contributed by atoms with Crippen LogP contribution in [-0.2, 0) is 16.1 Å². The van der Waals surface area contributed by atoms with Crippen LogP contribution in [0.25, 0.3) is 16.6 Å². The van der Waals surface area contributed by atoms with Crippen molar-refractivity contribution in [2.24, 2.45) is 0 Å². The summed E-state index contributed by atoms with van der Waals surface area (Å²) in [6, 6.07) is 11.0. The Hall–Kier alpha value is -2.61. The Morgan fingerprint density at radius 2 is 1.86 bits per heavy atom. The number of nitrogens with zero attached hydrogens (tertiary/aromatic N) is 2. The number of methoxy groups -OCH3 is 1. The molecule has 0 unspecified atom stereocenters. The van der Waals surface area contributed by atoms with Crippen molar-refractivity contribution >= 4 is 40.0 Å². The maximum atomic E-state index is 13.1. The number of nitrogens with one attached hydrogen (secondary N) is 1. The van der Waals surface area contributed by atoms with Crippen LogP contribution in [0.4, 0.5) is 0 Å². The molecule has 1 amide bonds. The normalized spacial score (nSPS) is 11.0. The van der Waals surface area contributed by atoms with Gasteiger partial charge in [0, 0.05) is 23.7 Å². The van der Waals surface area contributed by atoms with Crippen molar-refractivity contribution in [1.82, 2.24) is 14.5 Å². The number of ether oxygens (including phenoxy) is 1. The second kappa shape index (κ2) is 8.60. The number of benzene rings is 2. The zero-order valence-electron chi connectivity index (χ0n) is 14.9. The van der Waals surface area contributed by atoms with Crippen molar-refractivity contribution in [3.8, 4) is 5.69 Å². The number of fused-ring (bicyclic) bond motifs is 1. The summed E-state index contributed by atoms with van der Waals surface area (Å²) < 4.78 is 7.10. The molecule has 9 heteroatoms. The lowest BCUT2D eigenvalue weighted by molar-refractivity contribution is -0.121. The van der Waals surface area contributed by atoms with Crippen LogP contribution >= 0.6 is 23.2 Å². The summed E-state index contributed by atoms with van der Waals surface area (Å²) in [4.78, 5) is 38.4. The van der Waals surface area contributed by atoms with Crippen LogP contribution in [0.5, 0.6) is 0 Å². The molecule has 0 aliphatic carbocycles. The predicted octanol–water partition coefficient (Wildman–Crippen LogP) is 2.22. The van der Waals surface area contributed by atoms with Crippen molar-refractivity contribution in [2.45, 2.75) is 6.54 Å². The van der Waals surface area contributed by atoms with Crippen LogP contribution in [0.2, 0.25) is 10.0 Å². The van der Waals surface area contributed by atoms with Gasteiger partial charge in [0.05, 0.1) is 23.2 Å². The molecule has 0 fully saturated rings. The second-order valence-electron chi connectivity index (χ2n) is 5.99. The number of carbonyl (C=O) groups excluding carboxylic acids is 1. The average Bonchev–Trinajstić information content (AvgIpc) is 2.65. The van der Waals surface area contributed by atoms with Gasteiger partial charge in [-0.3, -0.25) is 14.2 Å². The van der Waals surface area contributed by atoms with Gasteiger partial charge >= 0.3 is 5.69 Å². The fourth-order valence-corrected chi connectivity index (χ4v) is 3.18. The fraction of sp³-hybridized carbons (Fsp3) is 0.211. The van der Waals surface area contributed by atoms with Crippen LogP contribution in [-0.4, -0.2) is 35.3 Å². The molecule has 3 aromatic rings. The lowest BCUT2D eigenvalue weighted by atomic mass is 10.2. The largest absolute Gasteiger partial charge is 0.383 e. The first-order valence-electron chi connectivity index (χ1n) is 8.39. The molecule has 0 radical (unpaired) electrons. The van der Waals surface area contributed by atoms with E-state index in [9.17, 15) is 14.4 Å². The summed E-state index contributed by atoms with van der Waals surface area (Å²) in [5.41, 5.74) is -0.588. The lowest BCUT2D eigenvalue weighted by Gasteiger charge is -2.14. The molecule has 7 nitrogen and oxygen atoms in total. The van der Waals surface area contributed by atoms with Crippen molar-refractivity contribution < 1.29 is 9.53 Å². The van der Waals surface area contributed by atoms with E-state index in [-0.39, 0.29) is 17.4 Å². The Morgan fingerprint density at radius 3 is 2.57 bits per heavy atom. The summed E-state index contributed by atoms with van der Waals surface area (Å²) in [7, 11) is 1.52. The standard InChI is InChI=1S/C19H17Cl2N3O4/c1-28-8-7-22-17(25)11-23-16-10-13(21)5-6-15(16)18(26)24(19(23)27)14-4-2-3-12(20)9-14/h2-6,9-10H,7-8,11H2,1H3,(H,22,25). The van der Waals surface area contributed by atoms with Crippen molar-refractivity contribution in [3.63, 3.8) is 0 Å². The highest BCUT2D eigenvalue weighted by Gasteiger charge is 2.17. The van der Waals surface area contributed by atoms with E-state index in [0.717, 1.165) is 4.57 Å². The quantitative estimate of drug-likeness (QED) is 0.618. The highest BCUT2D eigenvalue weighted by atomic mass is 35.5. The Morgan fingerprint density at radius 1 is 1.11 bits per heavy atom. The number of carbonyl (C=O) groups is 1. The van der Waals surface area contributed by atoms with Gasteiger partial charge in [-0.15, -0.1) is 0 Å². The smallest absolute Gasteiger partial charge is 0.336 e. The molecule has 0 spiro atoms. The molecule has 0 saturated carbocycles. The number of halogens is 2. The predicted molar refractivity (Wildman–Crippen MR) is 109 cm³/mol. The first-order valence-corrected chi connectivity index (χ1v) is 9.14. The monoisotopic (exact) mass is 421 g/mol. The summed E-state index contributed by atoms with van der Waals surface area (Å²) in [5, 5.41) is 3.64. The minimum Gasteiger partial charge on any atom is -0.383 e. The Bertz CT molecular complexity index is 1150. The Balaban J connectivity index is 2.21. The minimum absolute atomic E-state index is 0.258. The van der Waals surface area contributed by atoms with Gasteiger partial charge in [-0.1, -0.05) is 29.3 Å². The van der Waals surface area contributed by atoms with Crippen LogP contribution in [0.15, 0.2) is 52.1 Å². The van der Waals surface area contributed by atoms with Gasteiger partial charge in [-0.05, 0) is 36.4 Å². The Labute approximate surface area is 170 Å². The maximum absolute atomic E-state index is 13.1. The third-order valence-corrected chi connectivity index (χ3v) is 4.57. The maximum Gasteiger partial charge on any atom is 0.336 e. The van der Waals surface area contributed by atoms with Gasteiger partial charge in [0.15, 0.2) is 0 Å². The highest BCUT2D eigenvalue weighted by molar-refractivity contribution is 6.31. The molecule has 3 rings (SSSR count). The molecule has 0 atom stereocenters. The van der Waals surface area contributed by atoms with Gasteiger partial charge in [0.1, 0.15) is 6.54 Å². The zero-order valence-corrected chi connectivity index (χ0v) is 16.5. The molecule has 0 saturated heterocycles. The van der Waals surface area contributed by atoms with E-state index >= 15 is 0 Å². The molecule has 1 aromatic heterocycles. The fourth-order valence-electron chi connectivity index (χ4n) is 2.83. The summed E-state index contributed by atoms with van der Waals surface area (Å²) in [5.74, 6) is -0.392. The first kappa shape index (κ1) is 20.1. The summed E-state index contributed by atoms with van der Waals surface area (Å²) in [6.45, 7) is 0.367. The minimum atomic E-state index is -0.663.